The number of allylic oxidation sites excluding steroid dienone is 5. The first-order valence-corrected chi connectivity index (χ1v) is 22.3. The van der Waals surface area contributed by atoms with Crippen LogP contribution in [-0.4, -0.2) is 47.4 Å². The molecule has 0 bridgehead atoms. The van der Waals surface area contributed by atoms with Gasteiger partial charge in [0.2, 0.25) is 5.91 Å². The molecule has 6 nitrogen and oxygen atoms in total. The van der Waals surface area contributed by atoms with Gasteiger partial charge in [0.1, 0.15) is 0 Å². The van der Waals surface area contributed by atoms with Crippen molar-refractivity contribution < 1.29 is 24.5 Å². The van der Waals surface area contributed by atoms with E-state index in [0.717, 1.165) is 83.5 Å². The Labute approximate surface area is 322 Å². The van der Waals surface area contributed by atoms with Crippen molar-refractivity contribution in [1.82, 2.24) is 5.32 Å². The molecule has 3 N–H and O–H groups in total. The first-order valence-electron chi connectivity index (χ1n) is 22.3. The van der Waals surface area contributed by atoms with Gasteiger partial charge in [0, 0.05) is 12.8 Å². The molecule has 0 heterocycles. The maximum atomic E-state index is 12.3. The number of aliphatic hydroxyl groups excluding tert-OH is 2. The standard InChI is InChI=1S/C46H85NO5/c1-3-5-7-9-11-13-15-16-20-24-28-32-36-40-46(51)52-41-37-33-29-25-21-17-19-23-27-31-35-39-45(50)47-43(42-48)44(49)38-34-30-26-22-18-14-12-10-8-6-4-2/h13,15,21,25,34,38,43-44,48-49H,3-12,14,16-20,22-24,26-33,35-37,39-42H2,1-2H3,(H,47,50)/b15-13-,25-21-,38-34+. The van der Waals surface area contributed by atoms with E-state index in [1.807, 2.05) is 6.08 Å². The SMILES string of the molecule is CCCCCC/C=C\CCCCCCCC(=O)OCCCC/C=C\CCCCCCCC(=O)NC(CO)C(O)/C=C/CCCCCCCCCCC. The van der Waals surface area contributed by atoms with Gasteiger partial charge in [0.05, 0.1) is 25.4 Å². The Morgan fingerprint density at radius 3 is 1.38 bits per heavy atom. The summed E-state index contributed by atoms with van der Waals surface area (Å²) in [5.74, 6) is -0.145. The van der Waals surface area contributed by atoms with Crippen LogP contribution in [0.2, 0.25) is 0 Å². The molecule has 0 spiro atoms. The number of unbranched alkanes of at least 4 members (excludes halogenated alkanes) is 25. The van der Waals surface area contributed by atoms with Crippen molar-refractivity contribution in [1.29, 1.82) is 0 Å². The Morgan fingerprint density at radius 1 is 0.519 bits per heavy atom. The van der Waals surface area contributed by atoms with Crippen LogP contribution in [0, 0.1) is 0 Å². The molecule has 0 aromatic heterocycles. The van der Waals surface area contributed by atoms with Gasteiger partial charge < -0.3 is 20.3 Å². The molecule has 0 aromatic rings. The number of rotatable bonds is 40. The van der Waals surface area contributed by atoms with Crippen molar-refractivity contribution in [3.63, 3.8) is 0 Å². The van der Waals surface area contributed by atoms with Crippen molar-refractivity contribution in [3.05, 3.63) is 36.5 Å². The fourth-order valence-corrected chi connectivity index (χ4v) is 6.38. The van der Waals surface area contributed by atoms with Gasteiger partial charge in [-0.05, 0) is 83.5 Å². The van der Waals surface area contributed by atoms with Crippen molar-refractivity contribution in [3.8, 4) is 0 Å². The lowest BCUT2D eigenvalue weighted by atomic mass is 10.1. The van der Waals surface area contributed by atoms with E-state index >= 15 is 0 Å². The molecular formula is C46H85NO5. The van der Waals surface area contributed by atoms with Crippen LogP contribution >= 0.6 is 0 Å². The third-order valence-electron chi connectivity index (χ3n) is 9.88. The van der Waals surface area contributed by atoms with Crippen LogP contribution in [0.25, 0.3) is 0 Å². The summed E-state index contributed by atoms with van der Waals surface area (Å²) in [5.41, 5.74) is 0. The molecule has 0 radical (unpaired) electrons. The second-order valence-electron chi connectivity index (χ2n) is 15.0. The van der Waals surface area contributed by atoms with Crippen LogP contribution in [-0.2, 0) is 14.3 Å². The van der Waals surface area contributed by atoms with E-state index in [2.05, 4.69) is 43.5 Å². The highest BCUT2D eigenvalue weighted by molar-refractivity contribution is 5.76. The number of ether oxygens (including phenoxy) is 1. The number of carbonyl (C=O) groups excluding carboxylic acids is 2. The highest BCUT2D eigenvalue weighted by Crippen LogP contribution is 2.13. The monoisotopic (exact) mass is 732 g/mol. The molecule has 0 aliphatic heterocycles. The van der Waals surface area contributed by atoms with Crippen molar-refractivity contribution in [2.45, 2.75) is 231 Å². The fraction of sp³-hybridized carbons (Fsp3) is 0.826. The molecule has 6 heteroatoms. The lowest BCUT2D eigenvalue weighted by Gasteiger charge is -2.20. The van der Waals surface area contributed by atoms with Crippen molar-refractivity contribution in [2.75, 3.05) is 13.2 Å². The molecule has 2 atom stereocenters. The van der Waals surface area contributed by atoms with E-state index in [1.54, 1.807) is 6.08 Å². The zero-order valence-corrected chi connectivity index (χ0v) is 34.3. The third-order valence-corrected chi connectivity index (χ3v) is 9.88. The second-order valence-corrected chi connectivity index (χ2v) is 15.0. The number of hydrogen-bond donors (Lipinski definition) is 3. The fourth-order valence-electron chi connectivity index (χ4n) is 6.38. The van der Waals surface area contributed by atoms with Crippen LogP contribution in [0.4, 0.5) is 0 Å². The molecule has 0 aliphatic carbocycles. The average molecular weight is 732 g/mol. The predicted molar refractivity (Wildman–Crippen MR) is 222 cm³/mol. The van der Waals surface area contributed by atoms with Gasteiger partial charge in [0.15, 0.2) is 0 Å². The Bertz CT molecular complexity index is 854. The Hall–Kier alpha value is -1.92. The number of nitrogens with one attached hydrogen (secondary N) is 1. The smallest absolute Gasteiger partial charge is 0.305 e. The van der Waals surface area contributed by atoms with Gasteiger partial charge in [-0.3, -0.25) is 9.59 Å². The summed E-state index contributed by atoms with van der Waals surface area (Å²) in [5, 5.41) is 22.9. The molecule has 304 valence electrons. The van der Waals surface area contributed by atoms with Gasteiger partial charge >= 0.3 is 5.97 Å². The number of aliphatic hydroxyl groups is 2. The van der Waals surface area contributed by atoms with Crippen molar-refractivity contribution >= 4 is 11.9 Å². The molecule has 2 unspecified atom stereocenters. The molecule has 0 rings (SSSR count). The van der Waals surface area contributed by atoms with E-state index in [4.69, 9.17) is 4.74 Å². The Balaban J connectivity index is 3.58. The van der Waals surface area contributed by atoms with Crippen molar-refractivity contribution in [2.24, 2.45) is 0 Å². The van der Waals surface area contributed by atoms with Crippen LogP contribution in [0.3, 0.4) is 0 Å². The van der Waals surface area contributed by atoms with Gasteiger partial charge in [-0.15, -0.1) is 0 Å². The number of amides is 1. The maximum Gasteiger partial charge on any atom is 0.305 e. The third kappa shape index (κ3) is 37.8. The molecule has 0 fully saturated rings. The van der Waals surface area contributed by atoms with E-state index in [9.17, 15) is 19.8 Å². The molecule has 52 heavy (non-hydrogen) atoms. The first kappa shape index (κ1) is 50.1. The molecule has 1 amide bonds. The summed E-state index contributed by atoms with van der Waals surface area (Å²) < 4.78 is 5.41. The number of esters is 1. The minimum Gasteiger partial charge on any atom is -0.466 e. The van der Waals surface area contributed by atoms with E-state index in [1.165, 1.54) is 109 Å². The lowest BCUT2D eigenvalue weighted by Crippen LogP contribution is -2.45. The average Bonchev–Trinajstić information content (AvgIpc) is 3.14. The zero-order valence-electron chi connectivity index (χ0n) is 34.3. The summed E-state index contributed by atoms with van der Waals surface area (Å²) >= 11 is 0. The lowest BCUT2D eigenvalue weighted by molar-refractivity contribution is -0.143. The second kappa shape index (κ2) is 41.8. The van der Waals surface area contributed by atoms with E-state index in [0.29, 0.717) is 19.4 Å². The van der Waals surface area contributed by atoms with Crippen LogP contribution in [0.1, 0.15) is 219 Å². The molecule has 0 aromatic carbocycles. The zero-order chi connectivity index (χ0) is 38.0. The predicted octanol–water partition coefficient (Wildman–Crippen LogP) is 12.6. The summed E-state index contributed by atoms with van der Waals surface area (Å²) in [7, 11) is 0. The topological polar surface area (TPSA) is 95.9 Å². The van der Waals surface area contributed by atoms with Gasteiger partial charge in [-0.2, -0.15) is 0 Å². The van der Waals surface area contributed by atoms with Crippen LogP contribution < -0.4 is 5.32 Å². The highest BCUT2D eigenvalue weighted by Gasteiger charge is 2.18. The Kier molecular flexibility index (Phi) is 40.3. The molecule has 0 saturated carbocycles. The molecule has 0 saturated heterocycles. The summed E-state index contributed by atoms with van der Waals surface area (Å²) in [6.07, 6.45) is 48.4. The number of hydrogen-bond acceptors (Lipinski definition) is 5. The van der Waals surface area contributed by atoms with Gasteiger partial charge in [-0.1, -0.05) is 159 Å². The van der Waals surface area contributed by atoms with Crippen LogP contribution in [0.5, 0.6) is 0 Å². The van der Waals surface area contributed by atoms with E-state index < -0.39 is 12.1 Å². The Morgan fingerprint density at radius 2 is 0.904 bits per heavy atom. The molecular weight excluding hydrogens is 647 g/mol. The van der Waals surface area contributed by atoms with Crippen LogP contribution in [0.15, 0.2) is 36.5 Å². The van der Waals surface area contributed by atoms with E-state index in [-0.39, 0.29) is 18.5 Å². The van der Waals surface area contributed by atoms with Gasteiger partial charge in [-0.25, -0.2) is 0 Å². The highest BCUT2D eigenvalue weighted by atomic mass is 16.5. The minimum absolute atomic E-state index is 0.0437. The van der Waals surface area contributed by atoms with Gasteiger partial charge in [0.25, 0.3) is 0 Å². The summed E-state index contributed by atoms with van der Waals surface area (Å²) in [6, 6.07) is -0.647. The maximum absolute atomic E-state index is 12.3. The summed E-state index contributed by atoms with van der Waals surface area (Å²) in [6.45, 7) is 4.77. The number of carbonyl (C=O) groups is 2. The largest absolute Gasteiger partial charge is 0.466 e. The quantitative estimate of drug-likeness (QED) is 0.0331. The molecule has 0 aliphatic rings. The first-order chi connectivity index (χ1) is 25.5. The minimum atomic E-state index is -0.861. The normalized spacial score (nSPS) is 13.1. The summed E-state index contributed by atoms with van der Waals surface area (Å²) in [4.78, 5) is 24.3.